The van der Waals surface area contributed by atoms with Crippen LogP contribution in [0, 0.1) is 6.92 Å². The standard InChI is InChI=1S/C17H17F3N2O4S/c1-10-3-8-14(27-10)13(25-2)9-21-15(23)16(24)22-11-4-6-12(7-5-11)26-17(18,19)20/h3-8,13H,9H2,1-2H3,(H,21,23)(H,22,24). The van der Waals surface area contributed by atoms with Crippen LogP contribution < -0.4 is 15.4 Å². The van der Waals surface area contributed by atoms with Crippen molar-refractivity contribution in [2.75, 3.05) is 19.0 Å². The van der Waals surface area contributed by atoms with Crippen LogP contribution in [0.25, 0.3) is 0 Å². The molecular weight excluding hydrogens is 385 g/mol. The normalized spacial score (nSPS) is 12.3. The van der Waals surface area contributed by atoms with E-state index < -0.39 is 23.9 Å². The first-order valence-corrected chi connectivity index (χ1v) is 8.53. The predicted octanol–water partition coefficient (Wildman–Crippen LogP) is 3.40. The van der Waals surface area contributed by atoms with Crippen molar-refractivity contribution in [1.82, 2.24) is 5.32 Å². The van der Waals surface area contributed by atoms with Crippen LogP contribution in [-0.4, -0.2) is 31.8 Å². The number of halogens is 3. The number of hydrogen-bond acceptors (Lipinski definition) is 5. The Bertz CT molecular complexity index is 790. The van der Waals surface area contributed by atoms with Gasteiger partial charge in [-0.15, -0.1) is 24.5 Å². The highest BCUT2D eigenvalue weighted by Gasteiger charge is 2.31. The molecule has 27 heavy (non-hydrogen) atoms. The van der Waals surface area contributed by atoms with Gasteiger partial charge < -0.3 is 20.1 Å². The largest absolute Gasteiger partial charge is 0.573 e. The molecular formula is C17H17F3N2O4S. The molecule has 0 bridgehead atoms. The Labute approximate surface area is 157 Å². The molecule has 0 radical (unpaired) electrons. The van der Waals surface area contributed by atoms with Gasteiger partial charge >= 0.3 is 18.2 Å². The summed E-state index contributed by atoms with van der Waals surface area (Å²) < 4.78 is 45.4. The number of ether oxygens (including phenoxy) is 2. The van der Waals surface area contributed by atoms with E-state index in [0.717, 1.165) is 21.9 Å². The van der Waals surface area contributed by atoms with E-state index in [9.17, 15) is 22.8 Å². The first kappa shape index (κ1) is 20.7. The summed E-state index contributed by atoms with van der Waals surface area (Å²) in [4.78, 5) is 25.8. The number of thiophene rings is 1. The second-order valence-corrected chi connectivity index (χ2v) is 6.73. The summed E-state index contributed by atoms with van der Waals surface area (Å²) in [5, 5.41) is 4.75. The molecule has 0 fully saturated rings. The van der Waals surface area contributed by atoms with E-state index in [4.69, 9.17) is 4.74 Å². The number of hydrogen-bond donors (Lipinski definition) is 2. The third-order valence-electron chi connectivity index (χ3n) is 3.36. The highest BCUT2D eigenvalue weighted by molar-refractivity contribution is 7.12. The number of amides is 2. The van der Waals surface area contributed by atoms with Crippen molar-refractivity contribution in [2.24, 2.45) is 0 Å². The van der Waals surface area contributed by atoms with Crippen molar-refractivity contribution < 1.29 is 32.2 Å². The molecule has 0 aliphatic heterocycles. The Morgan fingerprint density at radius 2 is 1.78 bits per heavy atom. The van der Waals surface area contributed by atoms with Gasteiger partial charge in [0.15, 0.2) is 0 Å². The zero-order valence-electron chi connectivity index (χ0n) is 14.4. The highest BCUT2D eigenvalue weighted by Crippen LogP contribution is 2.25. The summed E-state index contributed by atoms with van der Waals surface area (Å²) in [7, 11) is 1.50. The molecule has 146 valence electrons. The third-order valence-corrected chi connectivity index (χ3v) is 4.46. The van der Waals surface area contributed by atoms with Gasteiger partial charge in [-0.1, -0.05) is 0 Å². The van der Waals surface area contributed by atoms with Crippen LogP contribution in [0.15, 0.2) is 36.4 Å². The molecule has 1 aromatic carbocycles. The van der Waals surface area contributed by atoms with E-state index in [0.29, 0.717) is 0 Å². The van der Waals surface area contributed by atoms with Crippen LogP contribution in [0.3, 0.4) is 0 Å². The van der Waals surface area contributed by atoms with Gasteiger partial charge in [-0.3, -0.25) is 9.59 Å². The summed E-state index contributed by atoms with van der Waals surface area (Å²) >= 11 is 1.52. The van der Waals surface area contributed by atoms with Crippen molar-refractivity contribution in [3.63, 3.8) is 0 Å². The molecule has 0 aliphatic carbocycles. The summed E-state index contributed by atoms with van der Waals surface area (Å²) in [6, 6.07) is 8.25. The van der Waals surface area contributed by atoms with E-state index in [1.165, 1.54) is 30.6 Å². The zero-order valence-corrected chi connectivity index (χ0v) is 15.2. The smallest absolute Gasteiger partial charge is 0.406 e. The van der Waals surface area contributed by atoms with Gasteiger partial charge in [0.25, 0.3) is 0 Å². The lowest BCUT2D eigenvalue weighted by molar-refractivity contribution is -0.274. The first-order valence-electron chi connectivity index (χ1n) is 7.72. The molecule has 10 heteroatoms. The van der Waals surface area contributed by atoms with E-state index in [1.54, 1.807) is 0 Å². The SMILES string of the molecule is COC(CNC(=O)C(=O)Nc1ccc(OC(F)(F)F)cc1)c1ccc(C)s1. The zero-order chi connectivity index (χ0) is 20.0. The Balaban J connectivity index is 1.87. The lowest BCUT2D eigenvalue weighted by Crippen LogP contribution is -2.37. The number of benzene rings is 1. The monoisotopic (exact) mass is 402 g/mol. The van der Waals surface area contributed by atoms with E-state index in [-0.39, 0.29) is 18.3 Å². The minimum atomic E-state index is -4.80. The van der Waals surface area contributed by atoms with Crippen molar-refractivity contribution >= 4 is 28.8 Å². The molecule has 2 aromatic rings. The lowest BCUT2D eigenvalue weighted by atomic mass is 10.2. The molecule has 1 atom stereocenters. The maximum Gasteiger partial charge on any atom is 0.573 e. The summed E-state index contributed by atoms with van der Waals surface area (Å²) in [5.41, 5.74) is 0.154. The minimum Gasteiger partial charge on any atom is -0.406 e. The molecule has 1 heterocycles. The quantitative estimate of drug-likeness (QED) is 0.727. The van der Waals surface area contributed by atoms with Crippen LogP contribution in [0.4, 0.5) is 18.9 Å². The fourth-order valence-corrected chi connectivity index (χ4v) is 3.07. The molecule has 2 N–H and O–H groups in total. The fourth-order valence-electron chi connectivity index (χ4n) is 2.12. The molecule has 6 nitrogen and oxygen atoms in total. The average molecular weight is 402 g/mol. The third kappa shape index (κ3) is 6.57. The number of anilines is 1. The van der Waals surface area contributed by atoms with E-state index in [2.05, 4.69) is 15.4 Å². The maximum absolute atomic E-state index is 12.1. The van der Waals surface area contributed by atoms with Gasteiger partial charge in [-0.2, -0.15) is 0 Å². The Kier molecular flexibility index (Phi) is 6.81. The van der Waals surface area contributed by atoms with Crippen LogP contribution >= 0.6 is 11.3 Å². The van der Waals surface area contributed by atoms with Gasteiger partial charge in [-0.05, 0) is 43.3 Å². The topological polar surface area (TPSA) is 76.7 Å². The summed E-state index contributed by atoms with van der Waals surface area (Å²) in [6.07, 6.45) is -5.19. The maximum atomic E-state index is 12.1. The van der Waals surface area contributed by atoms with Gasteiger partial charge in [-0.25, -0.2) is 0 Å². The van der Waals surface area contributed by atoms with Crippen LogP contribution in [-0.2, 0) is 14.3 Å². The number of nitrogens with one attached hydrogen (secondary N) is 2. The van der Waals surface area contributed by atoms with Crippen molar-refractivity contribution in [3.05, 3.63) is 46.2 Å². The molecule has 2 rings (SSSR count). The highest BCUT2D eigenvalue weighted by atomic mass is 32.1. The van der Waals surface area contributed by atoms with Gasteiger partial charge in [0.1, 0.15) is 11.9 Å². The predicted molar refractivity (Wildman–Crippen MR) is 93.6 cm³/mol. The van der Waals surface area contributed by atoms with Crippen LogP contribution in [0.2, 0.25) is 0 Å². The molecule has 0 saturated carbocycles. The number of carbonyl (C=O) groups excluding carboxylic acids is 2. The summed E-state index contributed by atoms with van der Waals surface area (Å²) in [6.45, 7) is 2.04. The van der Waals surface area contributed by atoms with Crippen LogP contribution in [0.1, 0.15) is 15.9 Å². The van der Waals surface area contributed by atoms with Crippen molar-refractivity contribution in [2.45, 2.75) is 19.4 Å². The van der Waals surface area contributed by atoms with Crippen molar-refractivity contribution in [3.8, 4) is 5.75 Å². The molecule has 2 amide bonds. The van der Waals surface area contributed by atoms with Gasteiger partial charge in [0, 0.05) is 29.1 Å². The average Bonchev–Trinajstić information content (AvgIpc) is 3.02. The number of methoxy groups -OCH3 is 1. The Morgan fingerprint density at radius 3 is 2.30 bits per heavy atom. The molecule has 0 saturated heterocycles. The molecule has 0 aliphatic rings. The first-order chi connectivity index (χ1) is 12.7. The fraction of sp³-hybridized carbons (Fsp3) is 0.294. The Hall–Kier alpha value is -2.59. The number of rotatable bonds is 6. The molecule has 1 unspecified atom stereocenters. The number of carbonyl (C=O) groups is 2. The lowest BCUT2D eigenvalue weighted by Gasteiger charge is -2.14. The second kappa shape index (κ2) is 8.87. The van der Waals surface area contributed by atoms with Crippen molar-refractivity contribution in [1.29, 1.82) is 0 Å². The number of aryl methyl sites for hydroxylation is 1. The molecule has 1 aromatic heterocycles. The van der Waals surface area contributed by atoms with E-state index in [1.807, 2.05) is 19.1 Å². The Morgan fingerprint density at radius 1 is 1.11 bits per heavy atom. The van der Waals surface area contributed by atoms with Gasteiger partial charge in [0.05, 0.1) is 0 Å². The summed E-state index contributed by atoms with van der Waals surface area (Å²) in [5.74, 6) is -2.27. The van der Waals surface area contributed by atoms with E-state index >= 15 is 0 Å². The molecule has 0 spiro atoms. The minimum absolute atomic E-state index is 0.0983. The number of alkyl halides is 3. The second-order valence-electron chi connectivity index (χ2n) is 5.41. The van der Waals surface area contributed by atoms with Gasteiger partial charge in [0.2, 0.25) is 0 Å². The van der Waals surface area contributed by atoms with Crippen LogP contribution in [0.5, 0.6) is 5.75 Å².